The lowest BCUT2D eigenvalue weighted by atomic mass is 10.1. The minimum absolute atomic E-state index is 0.00176. The second kappa shape index (κ2) is 52.7. The van der Waals surface area contributed by atoms with Crippen molar-refractivity contribution in [3.05, 3.63) is 36.5 Å². The van der Waals surface area contributed by atoms with Crippen molar-refractivity contribution in [2.24, 2.45) is 0 Å². The minimum atomic E-state index is -0.852. The van der Waals surface area contributed by atoms with E-state index in [9.17, 15) is 19.8 Å². The number of rotatable bonds is 51. The summed E-state index contributed by atoms with van der Waals surface area (Å²) in [6.45, 7) is 4.87. The zero-order valence-electron chi connectivity index (χ0n) is 42.1. The van der Waals surface area contributed by atoms with Crippen LogP contribution in [0, 0.1) is 0 Å². The van der Waals surface area contributed by atoms with Crippen LogP contribution in [-0.4, -0.2) is 47.4 Å². The Morgan fingerprint density at radius 1 is 0.429 bits per heavy atom. The van der Waals surface area contributed by atoms with Gasteiger partial charge in [0.15, 0.2) is 0 Å². The van der Waals surface area contributed by atoms with Crippen LogP contribution in [0.1, 0.15) is 290 Å². The van der Waals surface area contributed by atoms with E-state index in [0.717, 1.165) is 57.8 Å². The Morgan fingerprint density at radius 3 is 1.13 bits per heavy atom. The summed E-state index contributed by atoms with van der Waals surface area (Å²) in [5.41, 5.74) is 0. The van der Waals surface area contributed by atoms with Crippen molar-refractivity contribution in [2.45, 2.75) is 302 Å². The van der Waals surface area contributed by atoms with Gasteiger partial charge in [-0.3, -0.25) is 9.59 Å². The highest BCUT2D eigenvalue weighted by Gasteiger charge is 2.18. The third-order valence-electron chi connectivity index (χ3n) is 12.6. The van der Waals surface area contributed by atoms with Gasteiger partial charge in [-0.2, -0.15) is 0 Å². The SMILES string of the molecule is CCCCCCCC/C=C\CCCCCCCCCC(=O)OCCCCCCCCCCC/C=C\CCCCCCCC(=O)NC(CO)C(O)/C=C/CCCCCCCCCCC. The van der Waals surface area contributed by atoms with Crippen molar-refractivity contribution in [2.75, 3.05) is 13.2 Å². The molecule has 0 spiro atoms. The summed E-state index contributed by atoms with van der Waals surface area (Å²) in [7, 11) is 0. The van der Waals surface area contributed by atoms with Gasteiger partial charge in [-0.25, -0.2) is 0 Å². The van der Waals surface area contributed by atoms with Crippen molar-refractivity contribution >= 4 is 11.9 Å². The summed E-state index contributed by atoms with van der Waals surface area (Å²) in [5.74, 6) is -0.0859. The number of allylic oxidation sites excluding steroid dienone is 5. The molecule has 2 atom stereocenters. The number of amides is 1. The predicted molar refractivity (Wildman–Crippen MR) is 273 cm³/mol. The van der Waals surface area contributed by atoms with E-state index in [0.29, 0.717) is 19.4 Å². The van der Waals surface area contributed by atoms with Crippen molar-refractivity contribution in [3.8, 4) is 0 Å². The highest BCUT2D eigenvalue weighted by molar-refractivity contribution is 5.76. The summed E-state index contributed by atoms with van der Waals surface area (Å²) in [6, 6.07) is -0.637. The van der Waals surface area contributed by atoms with Gasteiger partial charge in [-0.15, -0.1) is 0 Å². The predicted octanol–water partition coefficient (Wildman–Crippen LogP) is 16.9. The number of aliphatic hydroxyl groups excluding tert-OH is 2. The van der Waals surface area contributed by atoms with Crippen molar-refractivity contribution in [1.82, 2.24) is 5.32 Å². The lowest BCUT2D eigenvalue weighted by Crippen LogP contribution is -2.45. The maximum atomic E-state index is 12.4. The Kier molecular flexibility index (Phi) is 51.1. The molecule has 6 heteroatoms. The number of hydrogen-bond donors (Lipinski definition) is 3. The molecule has 0 aliphatic rings. The summed E-state index contributed by atoms with van der Waals surface area (Å²) in [6.07, 6.45) is 64.5. The fourth-order valence-corrected chi connectivity index (χ4v) is 8.33. The molecule has 0 rings (SSSR count). The van der Waals surface area contributed by atoms with Crippen LogP contribution in [0.2, 0.25) is 0 Å². The number of carbonyl (C=O) groups is 2. The molecule has 0 aromatic rings. The molecule has 6 nitrogen and oxygen atoms in total. The second-order valence-corrected chi connectivity index (χ2v) is 18.9. The molecular formula is C57H107NO5. The molecule has 0 radical (unpaired) electrons. The van der Waals surface area contributed by atoms with E-state index < -0.39 is 12.1 Å². The average molecular weight is 886 g/mol. The quantitative estimate of drug-likeness (QED) is 0.0321. The number of esters is 1. The molecule has 0 saturated heterocycles. The van der Waals surface area contributed by atoms with Gasteiger partial charge in [0.2, 0.25) is 5.91 Å². The Balaban J connectivity index is 3.45. The van der Waals surface area contributed by atoms with Gasteiger partial charge in [0.25, 0.3) is 0 Å². The average Bonchev–Trinajstić information content (AvgIpc) is 3.28. The molecule has 0 saturated carbocycles. The standard InChI is InChI=1S/C57H107NO5/c1-3-5-7-9-11-13-15-16-17-20-24-27-31-35-39-43-47-51-57(62)63-52-48-44-40-36-32-28-25-22-19-18-21-23-26-30-34-38-42-46-50-56(61)58-54(53-59)55(60)49-45-41-37-33-29-14-12-10-8-6-4-2/h16-17,21,23,45,49,54-55,59-60H,3-15,18-20,22,24-44,46-48,50-53H2,1-2H3,(H,58,61)/b17-16-,23-21-,49-45+. The first kappa shape index (κ1) is 61.1. The van der Waals surface area contributed by atoms with Crippen molar-refractivity contribution < 1.29 is 24.5 Å². The summed E-state index contributed by atoms with van der Waals surface area (Å²) >= 11 is 0. The molecule has 0 aliphatic heterocycles. The van der Waals surface area contributed by atoms with E-state index >= 15 is 0 Å². The van der Waals surface area contributed by atoms with Gasteiger partial charge in [0.05, 0.1) is 25.4 Å². The van der Waals surface area contributed by atoms with E-state index in [1.165, 1.54) is 205 Å². The highest BCUT2D eigenvalue weighted by Crippen LogP contribution is 2.15. The molecule has 0 fully saturated rings. The fraction of sp³-hybridized carbons (Fsp3) is 0.860. The number of nitrogens with one attached hydrogen (secondary N) is 1. The van der Waals surface area contributed by atoms with Crippen LogP contribution in [0.5, 0.6) is 0 Å². The Morgan fingerprint density at radius 2 is 0.746 bits per heavy atom. The molecular weight excluding hydrogens is 779 g/mol. The van der Waals surface area contributed by atoms with Gasteiger partial charge in [-0.05, 0) is 83.5 Å². The first-order valence-corrected chi connectivity index (χ1v) is 27.8. The normalized spacial score (nSPS) is 12.9. The molecule has 1 amide bonds. The van der Waals surface area contributed by atoms with Crippen molar-refractivity contribution in [3.63, 3.8) is 0 Å². The monoisotopic (exact) mass is 886 g/mol. The molecule has 0 aromatic carbocycles. The Bertz CT molecular complexity index is 1020. The Hall–Kier alpha value is -1.92. The zero-order valence-corrected chi connectivity index (χ0v) is 42.1. The topological polar surface area (TPSA) is 95.9 Å². The third kappa shape index (κ3) is 49.4. The zero-order chi connectivity index (χ0) is 45.8. The van der Waals surface area contributed by atoms with E-state index in [1.807, 2.05) is 6.08 Å². The molecule has 0 bridgehead atoms. The maximum absolute atomic E-state index is 12.4. The molecule has 3 N–H and O–H groups in total. The second-order valence-electron chi connectivity index (χ2n) is 18.9. The van der Waals surface area contributed by atoms with Crippen LogP contribution < -0.4 is 5.32 Å². The minimum Gasteiger partial charge on any atom is -0.466 e. The maximum Gasteiger partial charge on any atom is 0.305 e. The lowest BCUT2D eigenvalue weighted by molar-refractivity contribution is -0.143. The Labute approximate surface area is 392 Å². The van der Waals surface area contributed by atoms with Crippen LogP contribution in [0.3, 0.4) is 0 Å². The number of unbranched alkanes of at least 4 members (excludes halogenated alkanes) is 36. The van der Waals surface area contributed by atoms with E-state index in [1.54, 1.807) is 6.08 Å². The van der Waals surface area contributed by atoms with Crippen LogP contribution >= 0.6 is 0 Å². The van der Waals surface area contributed by atoms with Crippen LogP contribution in [0.25, 0.3) is 0 Å². The summed E-state index contributed by atoms with van der Waals surface area (Å²) in [5, 5.41) is 23.0. The van der Waals surface area contributed by atoms with E-state index in [4.69, 9.17) is 4.74 Å². The lowest BCUT2D eigenvalue weighted by Gasteiger charge is -2.20. The molecule has 0 aliphatic carbocycles. The van der Waals surface area contributed by atoms with Gasteiger partial charge in [0.1, 0.15) is 0 Å². The van der Waals surface area contributed by atoms with Gasteiger partial charge in [-0.1, -0.05) is 230 Å². The van der Waals surface area contributed by atoms with Gasteiger partial charge < -0.3 is 20.3 Å². The number of carbonyl (C=O) groups excluding carboxylic acids is 2. The van der Waals surface area contributed by atoms with Gasteiger partial charge in [0, 0.05) is 12.8 Å². The van der Waals surface area contributed by atoms with E-state index in [-0.39, 0.29) is 18.5 Å². The number of hydrogen-bond acceptors (Lipinski definition) is 5. The van der Waals surface area contributed by atoms with Crippen molar-refractivity contribution in [1.29, 1.82) is 0 Å². The van der Waals surface area contributed by atoms with E-state index in [2.05, 4.69) is 43.5 Å². The van der Waals surface area contributed by atoms with Gasteiger partial charge >= 0.3 is 5.97 Å². The molecule has 370 valence electrons. The van der Waals surface area contributed by atoms with Crippen LogP contribution in [0.15, 0.2) is 36.5 Å². The van der Waals surface area contributed by atoms with Crippen LogP contribution in [-0.2, 0) is 14.3 Å². The number of aliphatic hydroxyl groups is 2. The molecule has 0 aromatic heterocycles. The third-order valence-corrected chi connectivity index (χ3v) is 12.6. The summed E-state index contributed by atoms with van der Waals surface area (Å²) in [4.78, 5) is 24.5. The highest BCUT2D eigenvalue weighted by atomic mass is 16.5. The first-order valence-electron chi connectivity index (χ1n) is 27.8. The molecule has 2 unspecified atom stereocenters. The smallest absolute Gasteiger partial charge is 0.305 e. The first-order chi connectivity index (χ1) is 31.0. The van der Waals surface area contributed by atoms with Crippen LogP contribution in [0.4, 0.5) is 0 Å². The number of ether oxygens (including phenoxy) is 1. The molecule has 63 heavy (non-hydrogen) atoms. The summed E-state index contributed by atoms with van der Waals surface area (Å²) < 4.78 is 5.48. The molecule has 0 heterocycles. The largest absolute Gasteiger partial charge is 0.466 e. The fourth-order valence-electron chi connectivity index (χ4n) is 8.33.